The minimum absolute atomic E-state index is 0.0119. The molecule has 37 heavy (non-hydrogen) atoms. The molecule has 0 bridgehead atoms. The molecule has 0 aliphatic heterocycles. The van der Waals surface area contributed by atoms with E-state index in [9.17, 15) is 31.9 Å². The van der Waals surface area contributed by atoms with Gasteiger partial charge < -0.3 is 9.84 Å². The van der Waals surface area contributed by atoms with E-state index in [0.717, 1.165) is 23.3 Å². The molecular formula is C26H18F5N3O3. The number of hydrogen-bond acceptors (Lipinski definition) is 4. The predicted octanol–water partition coefficient (Wildman–Crippen LogP) is 5.58. The Morgan fingerprint density at radius 2 is 2.00 bits per heavy atom. The molecule has 2 aromatic heterocycles. The first-order chi connectivity index (χ1) is 17.6. The Balaban J connectivity index is 1.33. The van der Waals surface area contributed by atoms with Gasteiger partial charge in [0, 0.05) is 18.2 Å². The quantitative estimate of drug-likeness (QED) is 0.352. The van der Waals surface area contributed by atoms with E-state index in [0.29, 0.717) is 28.0 Å². The minimum Gasteiger partial charge on any atom is -0.481 e. The third-order valence-corrected chi connectivity index (χ3v) is 7.26. The summed E-state index contributed by atoms with van der Waals surface area (Å²) in [5.74, 6) is -4.90. The average molecular weight is 515 g/mol. The van der Waals surface area contributed by atoms with Crippen molar-refractivity contribution in [2.45, 2.75) is 32.0 Å². The van der Waals surface area contributed by atoms with Crippen LogP contribution in [-0.2, 0) is 24.0 Å². The number of hydrogen-bond donors (Lipinski definition) is 1. The second kappa shape index (κ2) is 7.99. The molecule has 0 amide bonds. The molecule has 0 radical (unpaired) electrons. The van der Waals surface area contributed by atoms with Crippen LogP contribution in [0.3, 0.4) is 0 Å². The van der Waals surface area contributed by atoms with Crippen molar-refractivity contribution in [1.82, 2.24) is 14.5 Å². The lowest BCUT2D eigenvalue weighted by Crippen LogP contribution is -2.15. The number of carboxylic acid groups (broad SMARTS) is 1. The van der Waals surface area contributed by atoms with Gasteiger partial charge in [0.2, 0.25) is 11.7 Å². The summed E-state index contributed by atoms with van der Waals surface area (Å²) in [5, 5.41) is 9.26. The van der Waals surface area contributed by atoms with Crippen LogP contribution in [0.15, 0.2) is 42.6 Å². The van der Waals surface area contributed by atoms with Gasteiger partial charge in [0.25, 0.3) is 0 Å². The number of carbonyl (C=O) groups is 1. The molecule has 3 atom stereocenters. The van der Waals surface area contributed by atoms with E-state index in [1.807, 2.05) is 0 Å². The SMILES string of the molecule is Cc1c(COc2cc3c(cn2)[C@H]2[C@@H](C3)[C@@H]2C(=O)O)cccc1-n1c(C(F)(F)F)nc2ccc(F)c(F)c21. The Morgan fingerprint density at radius 3 is 2.73 bits per heavy atom. The Hall–Kier alpha value is -4.02. The molecule has 2 aliphatic rings. The van der Waals surface area contributed by atoms with Crippen LogP contribution in [0.2, 0.25) is 0 Å². The van der Waals surface area contributed by atoms with Crippen LogP contribution >= 0.6 is 0 Å². The highest BCUT2D eigenvalue weighted by atomic mass is 19.4. The first kappa shape index (κ1) is 23.4. The van der Waals surface area contributed by atoms with Crippen molar-refractivity contribution in [3.8, 4) is 11.6 Å². The van der Waals surface area contributed by atoms with Crippen LogP contribution in [0.4, 0.5) is 22.0 Å². The molecule has 4 aromatic rings. The lowest BCUT2D eigenvalue weighted by atomic mass is 10.0. The number of aliphatic carboxylic acids is 1. The van der Waals surface area contributed by atoms with Crippen molar-refractivity contribution >= 4 is 17.0 Å². The maximum Gasteiger partial charge on any atom is 0.450 e. The lowest BCUT2D eigenvalue weighted by molar-refractivity contribution is -0.145. The lowest BCUT2D eigenvalue weighted by Gasteiger charge is -2.17. The molecule has 11 heteroatoms. The number of halogens is 5. The van der Waals surface area contributed by atoms with Gasteiger partial charge in [-0.05, 0) is 59.7 Å². The molecule has 2 aliphatic carbocycles. The summed E-state index contributed by atoms with van der Waals surface area (Å²) >= 11 is 0. The summed E-state index contributed by atoms with van der Waals surface area (Å²) in [7, 11) is 0. The van der Waals surface area contributed by atoms with E-state index in [-0.39, 0.29) is 35.6 Å². The van der Waals surface area contributed by atoms with Crippen LogP contribution in [0.5, 0.6) is 5.88 Å². The predicted molar refractivity (Wildman–Crippen MR) is 120 cm³/mol. The third-order valence-electron chi connectivity index (χ3n) is 7.26. The molecular weight excluding hydrogens is 497 g/mol. The van der Waals surface area contributed by atoms with Gasteiger partial charge in [-0.2, -0.15) is 13.2 Å². The highest BCUT2D eigenvalue weighted by molar-refractivity contribution is 5.80. The number of imidazole rings is 1. The van der Waals surface area contributed by atoms with Crippen molar-refractivity contribution in [2.24, 2.45) is 11.8 Å². The smallest absolute Gasteiger partial charge is 0.450 e. The summed E-state index contributed by atoms with van der Waals surface area (Å²) in [5.41, 5.74) is 1.82. The zero-order valence-electron chi connectivity index (χ0n) is 19.2. The van der Waals surface area contributed by atoms with E-state index in [4.69, 9.17) is 4.74 Å². The Labute approximate surface area is 206 Å². The van der Waals surface area contributed by atoms with Crippen LogP contribution < -0.4 is 4.74 Å². The number of rotatable bonds is 5. The second-order valence-corrected chi connectivity index (χ2v) is 9.33. The van der Waals surface area contributed by atoms with E-state index in [1.165, 1.54) is 12.1 Å². The van der Waals surface area contributed by atoms with Gasteiger partial charge in [-0.3, -0.25) is 9.36 Å². The molecule has 6 rings (SSSR count). The summed E-state index contributed by atoms with van der Waals surface area (Å²) in [4.78, 5) is 19.1. The van der Waals surface area contributed by atoms with Gasteiger partial charge >= 0.3 is 12.1 Å². The first-order valence-electron chi connectivity index (χ1n) is 11.4. The van der Waals surface area contributed by atoms with E-state index in [2.05, 4.69) is 9.97 Å². The van der Waals surface area contributed by atoms with Crippen LogP contribution in [0.1, 0.15) is 34.0 Å². The first-order valence-corrected chi connectivity index (χ1v) is 11.4. The number of carboxylic acids is 1. The molecule has 0 spiro atoms. The molecule has 0 unspecified atom stereocenters. The summed E-state index contributed by atoms with van der Waals surface area (Å²) in [6.07, 6.45) is -2.68. The number of aromatic nitrogens is 3. The average Bonchev–Trinajstić information content (AvgIpc) is 3.22. The van der Waals surface area contributed by atoms with Gasteiger partial charge in [0.1, 0.15) is 12.1 Å². The fraction of sp³-hybridized carbons (Fsp3) is 0.269. The zero-order chi connectivity index (χ0) is 26.2. The fourth-order valence-electron chi connectivity index (χ4n) is 5.43. The largest absolute Gasteiger partial charge is 0.481 e. The van der Waals surface area contributed by atoms with Crippen molar-refractivity contribution in [2.75, 3.05) is 0 Å². The number of fused-ring (bicyclic) bond motifs is 4. The molecule has 190 valence electrons. The number of pyridine rings is 1. The molecule has 2 heterocycles. The molecule has 1 N–H and O–H groups in total. The van der Waals surface area contributed by atoms with E-state index >= 15 is 0 Å². The topological polar surface area (TPSA) is 77.2 Å². The van der Waals surface area contributed by atoms with E-state index < -0.39 is 35.1 Å². The van der Waals surface area contributed by atoms with Crippen molar-refractivity contribution in [3.05, 3.63) is 82.3 Å². The zero-order valence-corrected chi connectivity index (χ0v) is 19.2. The Bertz CT molecular complexity index is 1600. The summed E-state index contributed by atoms with van der Waals surface area (Å²) in [6.45, 7) is 1.52. The third kappa shape index (κ3) is 3.63. The summed E-state index contributed by atoms with van der Waals surface area (Å²) < 4.78 is 76.6. The maximum absolute atomic E-state index is 14.7. The molecule has 0 saturated heterocycles. The maximum atomic E-state index is 14.7. The highest BCUT2D eigenvalue weighted by Gasteiger charge is 2.60. The van der Waals surface area contributed by atoms with Crippen LogP contribution in [0, 0.1) is 30.4 Å². The number of ether oxygens (including phenoxy) is 1. The van der Waals surface area contributed by atoms with Crippen LogP contribution in [-0.4, -0.2) is 25.6 Å². The molecule has 2 aromatic carbocycles. The second-order valence-electron chi connectivity index (χ2n) is 9.33. The van der Waals surface area contributed by atoms with Gasteiger partial charge in [-0.15, -0.1) is 0 Å². The van der Waals surface area contributed by atoms with E-state index in [1.54, 1.807) is 25.3 Å². The van der Waals surface area contributed by atoms with Crippen molar-refractivity contribution in [1.29, 1.82) is 0 Å². The van der Waals surface area contributed by atoms with Crippen molar-refractivity contribution in [3.63, 3.8) is 0 Å². The van der Waals surface area contributed by atoms with Gasteiger partial charge in [0.05, 0.1) is 17.1 Å². The Morgan fingerprint density at radius 1 is 1.22 bits per heavy atom. The van der Waals surface area contributed by atoms with Gasteiger partial charge in [-0.1, -0.05) is 12.1 Å². The van der Waals surface area contributed by atoms with Gasteiger partial charge in [-0.25, -0.2) is 18.7 Å². The monoisotopic (exact) mass is 515 g/mol. The fourth-order valence-corrected chi connectivity index (χ4v) is 5.43. The number of nitrogens with zero attached hydrogens (tertiary/aromatic N) is 3. The van der Waals surface area contributed by atoms with Gasteiger partial charge in [0.15, 0.2) is 11.6 Å². The Kier molecular flexibility index (Phi) is 5.05. The number of alkyl halides is 3. The minimum atomic E-state index is -4.92. The standard InChI is InChI=1S/C26H18F5N3O3/c1-11-12(10-37-19-8-13-7-14-20(15(13)9-32-19)21(14)24(35)36)3-2-4-18(11)34-23-17(6-5-16(27)22(23)28)33-25(34)26(29,30)31/h2-6,8-9,14,20-21H,7,10H2,1H3,(H,35,36)/t14-,20-,21+/m1/s1. The van der Waals surface area contributed by atoms with Crippen molar-refractivity contribution < 1.29 is 36.6 Å². The molecule has 6 nitrogen and oxygen atoms in total. The summed E-state index contributed by atoms with van der Waals surface area (Å²) in [6, 6.07) is 8.02. The highest BCUT2D eigenvalue weighted by Crippen LogP contribution is 2.61. The normalized spacial score (nSPS) is 20.1. The molecule has 1 saturated carbocycles. The number of benzene rings is 2. The van der Waals surface area contributed by atoms with Crippen LogP contribution in [0.25, 0.3) is 16.7 Å². The molecule has 1 fully saturated rings.